The first-order chi connectivity index (χ1) is 18.0. The van der Waals surface area contributed by atoms with E-state index < -0.39 is 28.5 Å². The van der Waals surface area contributed by atoms with Crippen LogP contribution in [-0.2, 0) is 26.0 Å². The number of carbonyl (C=O) groups is 2. The predicted octanol–water partition coefficient (Wildman–Crippen LogP) is 5.17. The predicted molar refractivity (Wildman–Crippen MR) is 152 cm³/mol. The molecule has 0 radical (unpaired) electrons. The molecule has 0 aliphatic carbocycles. The van der Waals surface area contributed by atoms with Gasteiger partial charge in [-0.3, -0.25) is 13.9 Å². The molecule has 202 valence electrons. The van der Waals surface area contributed by atoms with Crippen LogP contribution in [0.4, 0.5) is 5.69 Å². The molecule has 7 nitrogen and oxygen atoms in total. The fourth-order valence-corrected chi connectivity index (χ4v) is 5.59. The zero-order valence-electron chi connectivity index (χ0n) is 21.5. The molecule has 0 bridgehead atoms. The van der Waals surface area contributed by atoms with Crippen LogP contribution < -0.4 is 9.62 Å². The van der Waals surface area contributed by atoms with Gasteiger partial charge < -0.3 is 10.2 Å². The molecule has 0 spiro atoms. The van der Waals surface area contributed by atoms with Crippen molar-refractivity contribution in [2.75, 3.05) is 17.4 Å². The highest BCUT2D eigenvalue weighted by Gasteiger charge is 2.32. The van der Waals surface area contributed by atoms with Crippen molar-refractivity contribution in [2.24, 2.45) is 0 Å². The second-order valence-corrected chi connectivity index (χ2v) is 11.8. The van der Waals surface area contributed by atoms with E-state index in [-0.39, 0.29) is 29.1 Å². The van der Waals surface area contributed by atoms with Gasteiger partial charge in [0.05, 0.1) is 10.6 Å². The standard InChI is InChI=1S/C28H31Cl2N3O4S/c1-20(2)31-28(35)21(3)32(17-16-22-8-5-4-6-9-22)27(34)19-33(25-11-7-10-24(30)18-25)38(36,37)26-14-12-23(29)13-15-26/h4-15,18,20-21H,16-17,19H2,1-3H3,(H,31,35). The highest BCUT2D eigenvalue weighted by molar-refractivity contribution is 7.92. The van der Waals surface area contributed by atoms with Gasteiger partial charge in [0, 0.05) is 22.6 Å². The molecule has 2 amide bonds. The number of hydrogen-bond donors (Lipinski definition) is 1. The Hall–Kier alpha value is -3.07. The molecule has 1 atom stereocenters. The molecule has 0 aliphatic rings. The number of benzene rings is 3. The maximum absolute atomic E-state index is 13.8. The summed E-state index contributed by atoms with van der Waals surface area (Å²) in [6.45, 7) is 5.00. The summed E-state index contributed by atoms with van der Waals surface area (Å²) in [7, 11) is -4.18. The summed E-state index contributed by atoms with van der Waals surface area (Å²) in [5, 5.41) is 3.53. The Balaban J connectivity index is 1.98. The lowest BCUT2D eigenvalue weighted by Crippen LogP contribution is -2.53. The fraction of sp³-hybridized carbons (Fsp3) is 0.286. The van der Waals surface area contributed by atoms with Crippen molar-refractivity contribution in [3.05, 3.63) is 94.5 Å². The van der Waals surface area contributed by atoms with E-state index in [0.29, 0.717) is 16.5 Å². The Labute approximate surface area is 234 Å². The number of nitrogens with zero attached hydrogens (tertiary/aromatic N) is 2. The van der Waals surface area contributed by atoms with Gasteiger partial charge in [0.15, 0.2) is 0 Å². The first-order valence-electron chi connectivity index (χ1n) is 12.2. The van der Waals surface area contributed by atoms with Crippen LogP contribution in [0.3, 0.4) is 0 Å². The van der Waals surface area contributed by atoms with E-state index >= 15 is 0 Å². The quantitative estimate of drug-likeness (QED) is 0.341. The van der Waals surface area contributed by atoms with Crippen molar-refractivity contribution in [2.45, 2.75) is 44.2 Å². The van der Waals surface area contributed by atoms with Gasteiger partial charge in [-0.1, -0.05) is 59.6 Å². The topological polar surface area (TPSA) is 86.8 Å². The van der Waals surface area contributed by atoms with Crippen LogP contribution >= 0.6 is 23.2 Å². The van der Waals surface area contributed by atoms with Crippen molar-refractivity contribution in [3.63, 3.8) is 0 Å². The monoisotopic (exact) mass is 575 g/mol. The number of rotatable bonds is 11. The fourth-order valence-electron chi connectivity index (χ4n) is 3.87. The molecule has 1 unspecified atom stereocenters. The van der Waals surface area contributed by atoms with Crippen molar-refractivity contribution in [1.82, 2.24) is 10.2 Å². The number of amides is 2. The number of halogens is 2. The van der Waals surface area contributed by atoms with Crippen LogP contribution in [0.2, 0.25) is 10.0 Å². The Kier molecular flexibility index (Phi) is 10.2. The summed E-state index contributed by atoms with van der Waals surface area (Å²) in [5.41, 5.74) is 1.21. The molecule has 0 heterocycles. The van der Waals surface area contributed by atoms with Crippen molar-refractivity contribution < 1.29 is 18.0 Å². The minimum atomic E-state index is -4.18. The highest BCUT2D eigenvalue weighted by atomic mass is 35.5. The van der Waals surface area contributed by atoms with Gasteiger partial charge >= 0.3 is 0 Å². The maximum Gasteiger partial charge on any atom is 0.264 e. The van der Waals surface area contributed by atoms with E-state index in [0.717, 1.165) is 9.87 Å². The van der Waals surface area contributed by atoms with Crippen molar-refractivity contribution in [3.8, 4) is 0 Å². The number of anilines is 1. The highest BCUT2D eigenvalue weighted by Crippen LogP contribution is 2.27. The Morgan fingerprint density at radius 1 is 0.868 bits per heavy atom. The lowest BCUT2D eigenvalue weighted by molar-refractivity contribution is -0.139. The van der Waals surface area contributed by atoms with Crippen LogP contribution in [0.1, 0.15) is 26.3 Å². The van der Waals surface area contributed by atoms with Gasteiger partial charge in [-0.2, -0.15) is 0 Å². The minimum Gasteiger partial charge on any atom is -0.352 e. The second-order valence-electron chi connectivity index (χ2n) is 9.11. The molecule has 1 N–H and O–H groups in total. The van der Waals surface area contributed by atoms with E-state index in [9.17, 15) is 18.0 Å². The number of carbonyl (C=O) groups excluding carboxylic acids is 2. The number of hydrogen-bond acceptors (Lipinski definition) is 4. The van der Waals surface area contributed by atoms with Gasteiger partial charge in [0.1, 0.15) is 12.6 Å². The Morgan fingerprint density at radius 3 is 2.13 bits per heavy atom. The lowest BCUT2D eigenvalue weighted by atomic mass is 10.1. The van der Waals surface area contributed by atoms with Gasteiger partial charge in [0.2, 0.25) is 11.8 Å². The molecule has 3 aromatic rings. The average Bonchev–Trinajstić information content (AvgIpc) is 2.87. The van der Waals surface area contributed by atoms with E-state index in [1.165, 1.54) is 35.2 Å². The number of sulfonamides is 1. The SMILES string of the molecule is CC(C)NC(=O)C(C)N(CCc1ccccc1)C(=O)CN(c1cccc(Cl)c1)S(=O)(=O)c1ccc(Cl)cc1. The summed E-state index contributed by atoms with van der Waals surface area (Å²) in [4.78, 5) is 28.1. The third-order valence-electron chi connectivity index (χ3n) is 5.86. The molecule has 0 fully saturated rings. The summed E-state index contributed by atoms with van der Waals surface area (Å²) in [5.74, 6) is -0.846. The third kappa shape index (κ3) is 7.72. The normalized spacial score (nSPS) is 12.2. The molecule has 0 aromatic heterocycles. The van der Waals surface area contributed by atoms with Crippen LogP contribution in [0.25, 0.3) is 0 Å². The molecule has 0 saturated carbocycles. The van der Waals surface area contributed by atoms with Crippen LogP contribution in [0, 0.1) is 0 Å². The molecular weight excluding hydrogens is 545 g/mol. The molecule has 0 saturated heterocycles. The van der Waals surface area contributed by atoms with Gasteiger partial charge in [-0.25, -0.2) is 8.42 Å². The second kappa shape index (κ2) is 13.1. The van der Waals surface area contributed by atoms with Gasteiger partial charge in [-0.05, 0) is 75.2 Å². The van der Waals surface area contributed by atoms with E-state index in [1.807, 2.05) is 44.2 Å². The minimum absolute atomic E-state index is 0.0314. The van der Waals surface area contributed by atoms with Gasteiger partial charge in [-0.15, -0.1) is 0 Å². The van der Waals surface area contributed by atoms with Crippen LogP contribution in [0.5, 0.6) is 0 Å². The zero-order chi connectivity index (χ0) is 27.9. The Bertz CT molecular complexity index is 1350. The summed E-state index contributed by atoms with van der Waals surface area (Å²) < 4.78 is 28.5. The molecule has 0 aliphatic heterocycles. The smallest absolute Gasteiger partial charge is 0.264 e. The molecule has 38 heavy (non-hydrogen) atoms. The molecule has 10 heteroatoms. The van der Waals surface area contributed by atoms with E-state index in [1.54, 1.807) is 25.1 Å². The molecular formula is C28H31Cl2N3O4S. The Morgan fingerprint density at radius 2 is 1.53 bits per heavy atom. The largest absolute Gasteiger partial charge is 0.352 e. The maximum atomic E-state index is 13.8. The summed E-state index contributed by atoms with van der Waals surface area (Å²) in [6, 6.07) is 20.6. The van der Waals surface area contributed by atoms with E-state index in [4.69, 9.17) is 23.2 Å². The zero-order valence-corrected chi connectivity index (χ0v) is 23.8. The van der Waals surface area contributed by atoms with E-state index in [2.05, 4.69) is 5.32 Å². The number of nitrogens with one attached hydrogen (secondary N) is 1. The summed E-state index contributed by atoms with van der Waals surface area (Å²) in [6.07, 6.45) is 0.493. The van der Waals surface area contributed by atoms with Gasteiger partial charge in [0.25, 0.3) is 10.0 Å². The average molecular weight is 577 g/mol. The van der Waals surface area contributed by atoms with Crippen LogP contribution in [0.15, 0.2) is 83.8 Å². The summed E-state index contributed by atoms with van der Waals surface area (Å²) >= 11 is 12.1. The van der Waals surface area contributed by atoms with Crippen molar-refractivity contribution in [1.29, 1.82) is 0 Å². The molecule has 3 rings (SSSR count). The first-order valence-corrected chi connectivity index (χ1v) is 14.4. The van der Waals surface area contributed by atoms with Crippen molar-refractivity contribution >= 4 is 50.7 Å². The molecule has 3 aromatic carbocycles. The third-order valence-corrected chi connectivity index (χ3v) is 8.13. The first kappa shape index (κ1) is 29.5. The van der Waals surface area contributed by atoms with Crippen LogP contribution in [-0.4, -0.2) is 50.3 Å². The lowest BCUT2D eigenvalue weighted by Gasteiger charge is -2.32.